The van der Waals surface area contributed by atoms with Crippen LogP contribution in [0.5, 0.6) is 11.5 Å². The summed E-state index contributed by atoms with van der Waals surface area (Å²) in [6, 6.07) is 9.50. The highest BCUT2D eigenvalue weighted by atomic mass is 32.2. The van der Waals surface area contributed by atoms with E-state index in [9.17, 15) is 8.42 Å². The maximum absolute atomic E-state index is 13.5. The summed E-state index contributed by atoms with van der Waals surface area (Å²) >= 11 is 0. The lowest BCUT2D eigenvalue weighted by Crippen LogP contribution is -2.24. The number of sulfonamides is 1. The Kier molecular flexibility index (Phi) is 6.65. The smallest absolute Gasteiger partial charge is 0.277 e. The van der Waals surface area contributed by atoms with Gasteiger partial charge >= 0.3 is 0 Å². The predicted molar refractivity (Wildman–Crippen MR) is 124 cm³/mol. The first kappa shape index (κ1) is 23.1. The fourth-order valence-corrected chi connectivity index (χ4v) is 5.21. The van der Waals surface area contributed by atoms with Gasteiger partial charge in [-0.15, -0.1) is 0 Å². The molecule has 31 heavy (non-hydrogen) atoms. The Morgan fingerprint density at radius 3 is 2.13 bits per heavy atom. The van der Waals surface area contributed by atoms with Crippen molar-refractivity contribution in [1.82, 2.24) is 4.83 Å². The molecule has 1 aliphatic heterocycles. The van der Waals surface area contributed by atoms with Crippen molar-refractivity contribution in [2.45, 2.75) is 71.1 Å². The van der Waals surface area contributed by atoms with Gasteiger partial charge in [0.2, 0.25) is 6.79 Å². The molecular weight excluding hydrogens is 412 g/mol. The van der Waals surface area contributed by atoms with Crippen LogP contribution in [-0.4, -0.2) is 20.9 Å². The first-order chi connectivity index (χ1) is 14.5. The minimum atomic E-state index is -3.88. The number of fused-ring (bicyclic) bond motifs is 1. The van der Waals surface area contributed by atoms with Gasteiger partial charge in [-0.25, -0.2) is 0 Å². The van der Waals surface area contributed by atoms with E-state index < -0.39 is 10.0 Å². The monoisotopic (exact) mass is 444 g/mol. The van der Waals surface area contributed by atoms with Crippen molar-refractivity contribution in [2.75, 3.05) is 6.79 Å². The fraction of sp³-hybridized carbons (Fsp3) is 0.458. The van der Waals surface area contributed by atoms with Gasteiger partial charge in [0, 0.05) is 5.56 Å². The van der Waals surface area contributed by atoms with Gasteiger partial charge in [0.1, 0.15) is 0 Å². The SMILES string of the molecule is CC(=NNS(=O)(=O)c1c(C(C)C)cc(C(C)C)cc1C(C)C)c1cccc2c1OCO2. The molecule has 6 nitrogen and oxygen atoms in total. The van der Waals surface area contributed by atoms with Gasteiger partial charge in [-0.3, -0.25) is 0 Å². The number of hydrazone groups is 1. The molecule has 0 radical (unpaired) electrons. The molecule has 1 heterocycles. The number of nitrogens with one attached hydrogen (secondary N) is 1. The van der Waals surface area contributed by atoms with Gasteiger partial charge in [0.25, 0.3) is 10.0 Å². The van der Waals surface area contributed by atoms with Crippen LogP contribution in [0.4, 0.5) is 0 Å². The zero-order chi connectivity index (χ0) is 22.9. The molecule has 1 N–H and O–H groups in total. The van der Waals surface area contributed by atoms with Gasteiger partial charge < -0.3 is 9.47 Å². The van der Waals surface area contributed by atoms with Gasteiger partial charge in [0.05, 0.1) is 10.6 Å². The van der Waals surface area contributed by atoms with Crippen molar-refractivity contribution >= 4 is 15.7 Å². The third kappa shape index (κ3) is 4.71. The van der Waals surface area contributed by atoms with Crippen LogP contribution in [0.25, 0.3) is 0 Å². The Labute approximate surface area is 185 Å². The summed E-state index contributed by atoms with van der Waals surface area (Å²) in [7, 11) is -3.88. The van der Waals surface area contributed by atoms with E-state index in [1.165, 1.54) is 0 Å². The van der Waals surface area contributed by atoms with Crippen molar-refractivity contribution < 1.29 is 17.9 Å². The molecule has 0 fully saturated rings. The Bertz CT molecular complexity index is 1070. The molecule has 7 heteroatoms. The largest absolute Gasteiger partial charge is 0.454 e. The Morgan fingerprint density at radius 2 is 1.58 bits per heavy atom. The molecule has 0 amide bonds. The van der Waals surface area contributed by atoms with Crippen LogP contribution in [0.2, 0.25) is 0 Å². The molecule has 0 atom stereocenters. The molecule has 2 aromatic carbocycles. The molecule has 0 unspecified atom stereocenters. The molecule has 1 aliphatic rings. The van der Waals surface area contributed by atoms with Crippen LogP contribution >= 0.6 is 0 Å². The number of benzene rings is 2. The van der Waals surface area contributed by atoms with E-state index in [1.807, 2.05) is 58.0 Å². The normalized spacial score (nSPS) is 14.1. The number of para-hydroxylation sites is 1. The quantitative estimate of drug-likeness (QED) is 0.453. The average molecular weight is 445 g/mol. The summed E-state index contributed by atoms with van der Waals surface area (Å²) in [5.74, 6) is 1.62. The van der Waals surface area contributed by atoms with Gasteiger partial charge in [0.15, 0.2) is 11.5 Å². The summed E-state index contributed by atoms with van der Waals surface area (Å²) in [5.41, 5.74) is 3.96. The Hall–Kier alpha value is -2.54. The molecule has 0 spiro atoms. The van der Waals surface area contributed by atoms with E-state index in [1.54, 1.807) is 6.92 Å². The number of rotatable bonds is 7. The maximum atomic E-state index is 13.5. The van der Waals surface area contributed by atoms with Crippen LogP contribution in [-0.2, 0) is 10.0 Å². The molecule has 0 aromatic heterocycles. The molecule has 0 saturated heterocycles. The zero-order valence-corrected chi connectivity index (χ0v) is 20.1. The van der Waals surface area contributed by atoms with Crippen molar-refractivity contribution in [2.24, 2.45) is 5.10 Å². The molecule has 0 bridgehead atoms. The van der Waals surface area contributed by atoms with Gasteiger partial charge in [-0.1, -0.05) is 59.7 Å². The van der Waals surface area contributed by atoms with E-state index in [0.717, 1.165) is 16.7 Å². The van der Waals surface area contributed by atoms with E-state index in [4.69, 9.17) is 9.47 Å². The van der Waals surface area contributed by atoms with Crippen molar-refractivity contribution in [1.29, 1.82) is 0 Å². The first-order valence-corrected chi connectivity index (χ1v) is 12.1. The third-order valence-electron chi connectivity index (χ3n) is 5.47. The standard InChI is InChI=1S/C24H32N2O4S/c1-14(2)18-11-20(15(3)4)24(21(12-18)16(5)6)31(27,28)26-25-17(7)19-9-8-10-22-23(19)30-13-29-22/h8-12,14-16,26H,13H2,1-7H3. The lowest BCUT2D eigenvalue weighted by molar-refractivity contribution is 0.174. The fourth-order valence-electron chi connectivity index (χ4n) is 3.65. The van der Waals surface area contributed by atoms with E-state index >= 15 is 0 Å². The van der Waals surface area contributed by atoms with Crippen molar-refractivity contribution in [3.05, 3.63) is 52.6 Å². The molecular formula is C24H32N2O4S. The van der Waals surface area contributed by atoms with Gasteiger partial charge in [-0.05, 0) is 53.5 Å². The second-order valence-corrected chi connectivity index (χ2v) is 10.4. The maximum Gasteiger partial charge on any atom is 0.277 e. The molecule has 3 rings (SSSR count). The van der Waals surface area contributed by atoms with Crippen LogP contribution < -0.4 is 14.3 Å². The average Bonchev–Trinajstić information content (AvgIpc) is 3.19. The number of hydrogen-bond acceptors (Lipinski definition) is 5. The second-order valence-electron chi connectivity index (χ2n) is 8.82. The predicted octanol–water partition coefficient (Wildman–Crippen LogP) is 5.49. The van der Waals surface area contributed by atoms with Crippen LogP contribution in [0.15, 0.2) is 40.3 Å². The summed E-state index contributed by atoms with van der Waals surface area (Å²) in [6.07, 6.45) is 0. The first-order valence-electron chi connectivity index (χ1n) is 10.7. The molecule has 0 saturated carbocycles. The number of ether oxygens (including phenoxy) is 2. The lowest BCUT2D eigenvalue weighted by atomic mass is 9.89. The highest BCUT2D eigenvalue weighted by molar-refractivity contribution is 7.89. The number of nitrogens with zero attached hydrogens (tertiary/aromatic N) is 1. The van der Waals surface area contributed by atoms with Crippen LogP contribution in [0.1, 0.15) is 88.5 Å². The van der Waals surface area contributed by atoms with E-state index in [0.29, 0.717) is 33.6 Å². The Morgan fingerprint density at radius 1 is 0.968 bits per heavy atom. The summed E-state index contributed by atoms with van der Waals surface area (Å²) in [5, 5.41) is 4.22. The molecule has 2 aromatic rings. The number of hydrogen-bond donors (Lipinski definition) is 1. The van der Waals surface area contributed by atoms with E-state index in [2.05, 4.69) is 23.8 Å². The summed E-state index contributed by atoms with van der Waals surface area (Å²) in [6.45, 7) is 14.2. The van der Waals surface area contributed by atoms with Crippen molar-refractivity contribution in [3.8, 4) is 11.5 Å². The zero-order valence-electron chi connectivity index (χ0n) is 19.3. The molecule has 0 aliphatic carbocycles. The third-order valence-corrected chi connectivity index (χ3v) is 6.81. The topological polar surface area (TPSA) is 77.0 Å². The highest BCUT2D eigenvalue weighted by Crippen LogP contribution is 2.36. The molecule has 168 valence electrons. The minimum absolute atomic E-state index is 0.0517. The summed E-state index contributed by atoms with van der Waals surface area (Å²) < 4.78 is 37.8. The summed E-state index contributed by atoms with van der Waals surface area (Å²) in [4.78, 5) is 2.80. The minimum Gasteiger partial charge on any atom is -0.454 e. The highest BCUT2D eigenvalue weighted by Gasteiger charge is 2.27. The van der Waals surface area contributed by atoms with Crippen molar-refractivity contribution in [3.63, 3.8) is 0 Å². The second kappa shape index (κ2) is 8.91. The lowest BCUT2D eigenvalue weighted by Gasteiger charge is -2.22. The van der Waals surface area contributed by atoms with Crippen LogP contribution in [0.3, 0.4) is 0 Å². The van der Waals surface area contributed by atoms with Gasteiger partial charge in [-0.2, -0.15) is 18.4 Å². The van der Waals surface area contributed by atoms with Crippen LogP contribution in [0, 0.1) is 0 Å². The Balaban J connectivity index is 2.06. The van der Waals surface area contributed by atoms with E-state index in [-0.39, 0.29) is 18.6 Å².